The van der Waals surface area contributed by atoms with Crippen LogP contribution in [0.1, 0.15) is 29.9 Å². The minimum Gasteiger partial charge on any atom is -0.486 e. The zero-order valence-corrected chi connectivity index (χ0v) is 18.6. The monoisotopic (exact) mass is 431 g/mol. The predicted molar refractivity (Wildman–Crippen MR) is 127 cm³/mol. The maximum Gasteiger partial charge on any atom is 0.229 e. The van der Waals surface area contributed by atoms with Crippen molar-refractivity contribution in [3.05, 3.63) is 59.8 Å². The quantitative estimate of drug-likeness (QED) is 0.598. The summed E-state index contributed by atoms with van der Waals surface area (Å²) in [7, 11) is 2.20. The van der Waals surface area contributed by atoms with Crippen LogP contribution in [0.4, 0.5) is 23.1 Å². The van der Waals surface area contributed by atoms with Crippen molar-refractivity contribution in [2.75, 3.05) is 44.0 Å². The zero-order chi connectivity index (χ0) is 21.9. The maximum absolute atomic E-state index is 5.68. The highest BCUT2D eigenvalue weighted by molar-refractivity contribution is 5.65. The minimum absolute atomic E-state index is 0.558. The molecule has 1 saturated heterocycles. The van der Waals surface area contributed by atoms with Crippen LogP contribution in [-0.4, -0.2) is 48.2 Å². The van der Waals surface area contributed by atoms with Crippen molar-refractivity contribution in [1.82, 2.24) is 14.9 Å². The van der Waals surface area contributed by atoms with Gasteiger partial charge in [-0.3, -0.25) is 0 Å². The molecular formula is C25H29N5O2. The molecule has 5 rings (SSSR count). The van der Waals surface area contributed by atoms with Gasteiger partial charge in [0.2, 0.25) is 5.95 Å². The summed E-state index contributed by atoms with van der Waals surface area (Å²) in [5.74, 6) is 3.48. The number of nitrogens with zero attached hydrogens (tertiary/aromatic N) is 3. The second-order valence-corrected chi connectivity index (χ2v) is 8.53. The lowest BCUT2D eigenvalue weighted by molar-refractivity contribution is 0.171. The third-order valence-electron chi connectivity index (χ3n) is 6.13. The molecule has 2 N–H and O–H groups in total. The summed E-state index contributed by atoms with van der Waals surface area (Å²) in [5, 5.41) is 6.70. The average molecular weight is 432 g/mol. The lowest BCUT2D eigenvalue weighted by Gasteiger charge is -2.29. The van der Waals surface area contributed by atoms with Crippen LogP contribution in [0.2, 0.25) is 0 Å². The van der Waals surface area contributed by atoms with Crippen LogP contribution >= 0.6 is 0 Å². The second-order valence-electron chi connectivity index (χ2n) is 8.53. The predicted octanol–water partition coefficient (Wildman–Crippen LogP) is 4.85. The molecule has 3 aromatic rings. The molecule has 0 atom stereocenters. The van der Waals surface area contributed by atoms with Crippen LogP contribution < -0.4 is 20.1 Å². The van der Waals surface area contributed by atoms with E-state index in [1.807, 2.05) is 31.3 Å². The Morgan fingerprint density at radius 1 is 0.906 bits per heavy atom. The fraction of sp³-hybridized carbons (Fsp3) is 0.360. The largest absolute Gasteiger partial charge is 0.486 e. The Bertz CT molecular complexity index is 1080. The van der Waals surface area contributed by atoms with Gasteiger partial charge in [-0.1, -0.05) is 12.1 Å². The van der Waals surface area contributed by atoms with E-state index in [1.54, 1.807) is 0 Å². The van der Waals surface area contributed by atoms with Crippen molar-refractivity contribution >= 4 is 23.1 Å². The number of piperidine rings is 1. The molecule has 3 heterocycles. The summed E-state index contributed by atoms with van der Waals surface area (Å²) in [4.78, 5) is 11.5. The summed E-state index contributed by atoms with van der Waals surface area (Å²) in [5.41, 5.74) is 4.25. The molecule has 2 aliphatic heterocycles. The first-order valence-corrected chi connectivity index (χ1v) is 11.2. The first-order chi connectivity index (χ1) is 15.6. The smallest absolute Gasteiger partial charge is 0.229 e. The van der Waals surface area contributed by atoms with Gasteiger partial charge >= 0.3 is 0 Å². The Kier molecular flexibility index (Phi) is 5.81. The van der Waals surface area contributed by atoms with Crippen LogP contribution in [0.3, 0.4) is 0 Å². The topological polar surface area (TPSA) is 71.5 Å². The highest BCUT2D eigenvalue weighted by atomic mass is 16.6. The fourth-order valence-corrected chi connectivity index (χ4v) is 4.20. The lowest BCUT2D eigenvalue weighted by atomic mass is 9.89. The standard InChI is InChI=1S/C25H29N5O2/c1-17-16-26-25(28-20-5-3-18(4-6-20)19-9-11-30(2)12-10-19)29-24(17)27-21-7-8-22-23(15-21)32-14-13-31-22/h3-8,15-16,19H,9-14H2,1-2H3,(H2,26,27,28,29). The summed E-state index contributed by atoms with van der Waals surface area (Å²) < 4.78 is 11.3. The van der Waals surface area contributed by atoms with E-state index in [0.29, 0.717) is 25.1 Å². The fourth-order valence-electron chi connectivity index (χ4n) is 4.20. The van der Waals surface area contributed by atoms with Crippen LogP contribution in [0, 0.1) is 6.92 Å². The zero-order valence-electron chi connectivity index (χ0n) is 18.6. The number of nitrogens with one attached hydrogen (secondary N) is 2. The van der Waals surface area contributed by atoms with E-state index >= 15 is 0 Å². The number of benzene rings is 2. The first kappa shape index (κ1) is 20.6. The van der Waals surface area contributed by atoms with E-state index in [2.05, 4.69) is 56.8 Å². The number of hydrogen-bond donors (Lipinski definition) is 2. The van der Waals surface area contributed by atoms with Gasteiger partial charge in [-0.15, -0.1) is 0 Å². The van der Waals surface area contributed by atoms with E-state index in [9.17, 15) is 0 Å². The lowest BCUT2D eigenvalue weighted by Crippen LogP contribution is -2.29. The number of likely N-dealkylation sites (tertiary alicyclic amines) is 1. The minimum atomic E-state index is 0.558. The van der Waals surface area contributed by atoms with Gasteiger partial charge in [-0.25, -0.2) is 4.98 Å². The Labute approximate surface area is 188 Å². The first-order valence-electron chi connectivity index (χ1n) is 11.2. The van der Waals surface area contributed by atoms with Gasteiger partial charge in [0, 0.05) is 29.2 Å². The van der Waals surface area contributed by atoms with Crippen LogP contribution in [-0.2, 0) is 0 Å². The van der Waals surface area contributed by atoms with Crippen molar-refractivity contribution in [2.24, 2.45) is 0 Å². The van der Waals surface area contributed by atoms with E-state index in [0.717, 1.165) is 34.3 Å². The van der Waals surface area contributed by atoms with Gasteiger partial charge in [0.1, 0.15) is 19.0 Å². The molecular weight excluding hydrogens is 402 g/mol. The number of anilines is 4. The van der Waals surface area contributed by atoms with Crippen molar-refractivity contribution < 1.29 is 9.47 Å². The number of hydrogen-bond acceptors (Lipinski definition) is 7. The Morgan fingerprint density at radius 2 is 1.62 bits per heavy atom. The number of ether oxygens (including phenoxy) is 2. The van der Waals surface area contributed by atoms with Gasteiger partial charge in [-0.05, 0) is 75.6 Å². The molecule has 0 bridgehead atoms. The van der Waals surface area contributed by atoms with Gasteiger partial charge < -0.3 is 25.0 Å². The Balaban J connectivity index is 1.27. The summed E-state index contributed by atoms with van der Waals surface area (Å²) >= 11 is 0. The molecule has 0 spiro atoms. The SMILES string of the molecule is Cc1cnc(Nc2ccc(C3CCN(C)CC3)cc2)nc1Nc1ccc2c(c1)OCCO2. The van der Waals surface area contributed by atoms with Crippen LogP contribution in [0.5, 0.6) is 11.5 Å². The molecule has 2 aliphatic rings. The van der Waals surface area contributed by atoms with Crippen LogP contribution in [0.25, 0.3) is 0 Å². The molecule has 0 unspecified atom stereocenters. The molecule has 7 nitrogen and oxygen atoms in total. The van der Waals surface area contributed by atoms with Gasteiger partial charge in [0.15, 0.2) is 11.5 Å². The van der Waals surface area contributed by atoms with Gasteiger partial charge in [0.05, 0.1) is 0 Å². The molecule has 0 aliphatic carbocycles. The average Bonchev–Trinajstić information content (AvgIpc) is 2.82. The number of aryl methyl sites for hydroxylation is 1. The van der Waals surface area contributed by atoms with E-state index < -0.39 is 0 Å². The molecule has 2 aromatic carbocycles. The highest BCUT2D eigenvalue weighted by Crippen LogP contribution is 2.34. The molecule has 7 heteroatoms. The van der Waals surface area contributed by atoms with E-state index in [4.69, 9.17) is 9.47 Å². The second kappa shape index (κ2) is 9.04. The molecule has 0 amide bonds. The van der Waals surface area contributed by atoms with Crippen molar-refractivity contribution in [1.29, 1.82) is 0 Å². The van der Waals surface area contributed by atoms with E-state index in [1.165, 1.54) is 31.5 Å². The molecule has 1 aromatic heterocycles. The maximum atomic E-state index is 5.68. The number of rotatable bonds is 5. The Hall–Kier alpha value is -3.32. The summed E-state index contributed by atoms with van der Waals surface area (Å²) in [6.45, 7) is 5.47. The van der Waals surface area contributed by atoms with Gasteiger partial charge in [-0.2, -0.15) is 4.98 Å². The molecule has 166 valence electrons. The normalized spacial score (nSPS) is 16.6. The van der Waals surface area contributed by atoms with Gasteiger partial charge in [0.25, 0.3) is 0 Å². The number of aromatic nitrogens is 2. The number of fused-ring (bicyclic) bond motifs is 1. The third kappa shape index (κ3) is 4.62. The molecule has 32 heavy (non-hydrogen) atoms. The third-order valence-corrected chi connectivity index (χ3v) is 6.13. The summed E-state index contributed by atoms with van der Waals surface area (Å²) in [6.07, 6.45) is 4.26. The van der Waals surface area contributed by atoms with Crippen LogP contribution in [0.15, 0.2) is 48.7 Å². The molecule has 0 radical (unpaired) electrons. The molecule has 1 fully saturated rings. The molecule has 0 saturated carbocycles. The van der Waals surface area contributed by atoms with Crippen molar-refractivity contribution in [3.8, 4) is 11.5 Å². The summed E-state index contributed by atoms with van der Waals surface area (Å²) in [6, 6.07) is 14.5. The van der Waals surface area contributed by atoms with Crippen molar-refractivity contribution in [3.63, 3.8) is 0 Å². The van der Waals surface area contributed by atoms with E-state index in [-0.39, 0.29) is 0 Å². The Morgan fingerprint density at radius 3 is 2.41 bits per heavy atom. The highest BCUT2D eigenvalue weighted by Gasteiger charge is 2.18. The van der Waals surface area contributed by atoms with Crippen molar-refractivity contribution in [2.45, 2.75) is 25.7 Å².